The minimum atomic E-state index is -0.387. The third kappa shape index (κ3) is 1.73. The largest absolute Gasteiger partial charge is 0.462 e. The second-order valence-electron chi connectivity index (χ2n) is 4.34. The fourth-order valence-electron chi connectivity index (χ4n) is 2.38. The van der Waals surface area contributed by atoms with E-state index in [9.17, 15) is 4.79 Å². The monoisotopic (exact) mass is 254 g/mol. The number of hydrogen-bond acceptors (Lipinski definition) is 3. The Bertz CT molecular complexity index is 774. The van der Waals surface area contributed by atoms with E-state index in [0.717, 1.165) is 21.7 Å². The van der Waals surface area contributed by atoms with Gasteiger partial charge in [-0.2, -0.15) is 0 Å². The number of fused-ring (bicyclic) bond motifs is 3. The van der Waals surface area contributed by atoms with Gasteiger partial charge in [0, 0.05) is 10.8 Å². The van der Waals surface area contributed by atoms with Gasteiger partial charge in [-0.15, -0.1) is 0 Å². The molecule has 3 aromatic rings. The van der Waals surface area contributed by atoms with E-state index in [0.29, 0.717) is 18.0 Å². The highest BCUT2D eigenvalue weighted by atomic mass is 16.5. The molecule has 0 fully saturated rings. The molecule has 0 bridgehead atoms. The maximum Gasteiger partial charge on any atom is 0.342 e. The van der Waals surface area contributed by atoms with Crippen molar-refractivity contribution < 1.29 is 9.53 Å². The smallest absolute Gasteiger partial charge is 0.342 e. The molecule has 0 saturated carbocycles. The Balaban J connectivity index is 2.33. The maximum atomic E-state index is 12.0. The molecule has 4 nitrogen and oxygen atoms in total. The van der Waals surface area contributed by atoms with Gasteiger partial charge in [-0.05, 0) is 12.3 Å². The fraction of sp³-hybridized carbons (Fsp3) is 0.133. The van der Waals surface area contributed by atoms with E-state index < -0.39 is 0 Å². The lowest BCUT2D eigenvalue weighted by atomic mass is 10.1. The number of aromatic amines is 1. The number of nitrogens with one attached hydrogen (secondary N) is 1. The summed E-state index contributed by atoms with van der Waals surface area (Å²) >= 11 is 0. The summed E-state index contributed by atoms with van der Waals surface area (Å²) in [7, 11) is 0. The Labute approximate surface area is 110 Å². The van der Waals surface area contributed by atoms with E-state index in [-0.39, 0.29) is 5.97 Å². The number of nitrogen functional groups attached to an aromatic ring is 1. The molecular weight excluding hydrogens is 240 g/mol. The van der Waals surface area contributed by atoms with Crippen molar-refractivity contribution in [2.75, 3.05) is 12.3 Å². The molecule has 1 aromatic heterocycles. The van der Waals surface area contributed by atoms with Crippen LogP contribution in [0, 0.1) is 0 Å². The molecule has 0 saturated heterocycles. The minimum Gasteiger partial charge on any atom is -0.462 e. The van der Waals surface area contributed by atoms with E-state index in [4.69, 9.17) is 10.5 Å². The van der Waals surface area contributed by atoms with Gasteiger partial charge in [0.25, 0.3) is 0 Å². The van der Waals surface area contributed by atoms with Gasteiger partial charge in [0.05, 0.1) is 12.1 Å². The van der Waals surface area contributed by atoms with Gasteiger partial charge in [0.15, 0.2) is 0 Å². The van der Waals surface area contributed by atoms with Crippen LogP contribution in [0.2, 0.25) is 0 Å². The number of benzene rings is 2. The van der Waals surface area contributed by atoms with Crippen LogP contribution in [0.15, 0.2) is 36.4 Å². The number of carbonyl (C=O) groups excluding carboxylic acids is 1. The van der Waals surface area contributed by atoms with Gasteiger partial charge in [-0.25, -0.2) is 4.79 Å². The molecule has 2 aromatic carbocycles. The summed E-state index contributed by atoms with van der Waals surface area (Å²) in [6.45, 7) is 2.11. The highest BCUT2D eigenvalue weighted by Crippen LogP contribution is 2.30. The third-order valence-electron chi connectivity index (χ3n) is 3.21. The van der Waals surface area contributed by atoms with Crippen LogP contribution in [0.5, 0.6) is 0 Å². The first-order valence-electron chi connectivity index (χ1n) is 6.18. The van der Waals surface area contributed by atoms with Crippen LogP contribution in [0.4, 0.5) is 5.82 Å². The molecule has 3 N–H and O–H groups in total. The topological polar surface area (TPSA) is 68.1 Å². The quantitative estimate of drug-likeness (QED) is 0.690. The Morgan fingerprint density at radius 3 is 2.79 bits per heavy atom. The van der Waals surface area contributed by atoms with Crippen molar-refractivity contribution in [3.05, 3.63) is 42.0 Å². The average Bonchev–Trinajstić information content (AvgIpc) is 2.75. The summed E-state index contributed by atoms with van der Waals surface area (Å²) in [4.78, 5) is 15.0. The number of nitrogens with two attached hydrogens (primary N) is 1. The lowest BCUT2D eigenvalue weighted by Gasteiger charge is -2.02. The molecule has 0 spiro atoms. The molecule has 0 unspecified atom stereocenters. The molecule has 0 atom stereocenters. The van der Waals surface area contributed by atoms with Crippen molar-refractivity contribution in [2.45, 2.75) is 6.92 Å². The normalized spacial score (nSPS) is 11.0. The molecule has 0 radical (unpaired) electrons. The van der Waals surface area contributed by atoms with E-state index in [1.807, 2.05) is 36.4 Å². The number of hydrogen-bond donors (Lipinski definition) is 2. The molecule has 0 aliphatic heterocycles. The molecule has 0 aliphatic carbocycles. The van der Waals surface area contributed by atoms with Gasteiger partial charge in [-0.1, -0.05) is 36.4 Å². The first-order chi connectivity index (χ1) is 9.22. The van der Waals surface area contributed by atoms with Crippen molar-refractivity contribution in [1.82, 2.24) is 4.98 Å². The zero-order valence-corrected chi connectivity index (χ0v) is 10.6. The molecule has 3 rings (SSSR count). The lowest BCUT2D eigenvalue weighted by molar-refractivity contribution is 0.0530. The molecule has 1 heterocycles. The first kappa shape index (κ1) is 11.6. The Kier molecular flexibility index (Phi) is 2.63. The SMILES string of the molecule is CCOC(=O)c1c(N)[nH]c2c1ccc1ccccc12. The van der Waals surface area contributed by atoms with Crippen molar-refractivity contribution in [3.63, 3.8) is 0 Å². The summed E-state index contributed by atoms with van der Waals surface area (Å²) < 4.78 is 5.05. The van der Waals surface area contributed by atoms with Crippen molar-refractivity contribution in [2.24, 2.45) is 0 Å². The third-order valence-corrected chi connectivity index (χ3v) is 3.21. The number of aromatic nitrogens is 1. The Morgan fingerprint density at radius 2 is 2.00 bits per heavy atom. The molecule has 96 valence electrons. The summed E-state index contributed by atoms with van der Waals surface area (Å²) in [5, 5.41) is 2.95. The summed E-state index contributed by atoms with van der Waals surface area (Å²) in [5.41, 5.74) is 7.21. The molecule has 4 heteroatoms. The number of anilines is 1. The lowest BCUT2D eigenvalue weighted by Crippen LogP contribution is -2.06. The van der Waals surface area contributed by atoms with Crippen LogP contribution in [-0.4, -0.2) is 17.6 Å². The van der Waals surface area contributed by atoms with E-state index >= 15 is 0 Å². The second kappa shape index (κ2) is 4.31. The predicted molar refractivity (Wildman–Crippen MR) is 76.2 cm³/mol. The highest BCUT2D eigenvalue weighted by molar-refractivity contribution is 6.16. The average molecular weight is 254 g/mol. The van der Waals surface area contributed by atoms with Crippen molar-refractivity contribution in [3.8, 4) is 0 Å². The van der Waals surface area contributed by atoms with Gasteiger partial charge >= 0.3 is 5.97 Å². The number of carbonyl (C=O) groups is 1. The fourth-order valence-corrected chi connectivity index (χ4v) is 2.38. The minimum absolute atomic E-state index is 0.332. The number of esters is 1. The Morgan fingerprint density at radius 1 is 1.21 bits per heavy atom. The van der Waals surface area contributed by atoms with Crippen LogP contribution >= 0.6 is 0 Å². The van der Waals surface area contributed by atoms with Crippen LogP contribution in [-0.2, 0) is 4.74 Å². The summed E-state index contributed by atoms with van der Waals surface area (Å²) in [6.07, 6.45) is 0. The molecule has 0 aliphatic rings. The van der Waals surface area contributed by atoms with Gasteiger partial charge in [-0.3, -0.25) is 0 Å². The van der Waals surface area contributed by atoms with Crippen molar-refractivity contribution >= 4 is 33.5 Å². The molecule has 0 amide bonds. The number of ether oxygens (including phenoxy) is 1. The second-order valence-corrected chi connectivity index (χ2v) is 4.34. The summed E-state index contributed by atoms with van der Waals surface area (Å²) in [5.74, 6) is -0.0358. The van der Waals surface area contributed by atoms with E-state index in [1.54, 1.807) is 6.92 Å². The van der Waals surface area contributed by atoms with Gasteiger partial charge < -0.3 is 15.5 Å². The Hall–Kier alpha value is -2.49. The summed E-state index contributed by atoms with van der Waals surface area (Å²) in [6, 6.07) is 11.8. The highest BCUT2D eigenvalue weighted by Gasteiger charge is 2.18. The predicted octanol–water partition coefficient (Wildman–Crippen LogP) is 3.08. The van der Waals surface area contributed by atoms with Gasteiger partial charge in [0.1, 0.15) is 11.4 Å². The van der Waals surface area contributed by atoms with E-state index in [1.165, 1.54) is 0 Å². The van der Waals surface area contributed by atoms with Crippen molar-refractivity contribution in [1.29, 1.82) is 0 Å². The van der Waals surface area contributed by atoms with Crippen LogP contribution < -0.4 is 5.73 Å². The molecule has 19 heavy (non-hydrogen) atoms. The standard InChI is InChI=1S/C15H14N2O2/c1-2-19-15(18)12-11-8-7-9-5-3-4-6-10(9)13(11)17-14(12)16/h3-8,17H,2,16H2,1H3. The van der Waals surface area contributed by atoms with Crippen LogP contribution in [0.3, 0.4) is 0 Å². The number of H-pyrrole nitrogens is 1. The maximum absolute atomic E-state index is 12.0. The van der Waals surface area contributed by atoms with Gasteiger partial charge in [0.2, 0.25) is 0 Å². The number of rotatable bonds is 2. The zero-order chi connectivity index (χ0) is 13.4. The van der Waals surface area contributed by atoms with E-state index in [2.05, 4.69) is 4.98 Å². The molecular formula is C15H14N2O2. The van der Waals surface area contributed by atoms with Crippen LogP contribution in [0.25, 0.3) is 21.7 Å². The van der Waals surface area contributed by atoms with Crippen LogP contribution in [0.1, 0.15) is 17.3 Å². The zero-order valence-electron chi connectivity index (χ0n) is 10.6. The first-order valence-corrected chi connectivity index (χ1v) is 6.18.